The summed E-state index contributed by atoms with van der Waals surface area (Å²) >= 11 is 6.24. The highest BCUT2D eigenvalue weighted by atomic mass is 35.5. The van der Waals surface area contributed by atoms with Crippen molar-refractivity contribution in [3.05, 3.63) is 52.6 Å². The van der Waals surface area contributed by atoms with Crippen molar-refractivity contribution in [2.24, 2.45) is 5.73 Å². The minimum absolute atomic E-state index is 0.0719. The van der Waals surface area contributed by atoms with Crippen LogP contribution < -0.4 is 15.4 Å². The van der Waals surface area contributed by atoms with Gasteiger partial charge in [-0.3, -0.25) is 19.4 Å². The van der Waals surface area contributed by atoms with Crippen LogP contribution >= 0.6 is 11.6 Å². The molecule has 174 valence electrons. The van der Waals surface area contributed by atoms with Crippen molar-refractivity contribution in [2.45, 2.75) is 36.9 Å². The van der Waals surface area contributed by atoms with E-state index in [-0.39, 0.29) is 37.6 Å². The fourth-order valence-corrected chi connectivity index (χ4v) is 5.61. The third kappa shape index (κ3) is 4.41. The standard InChI is InChI=1S/C20H19ClFN5O5S/c21-17-14(27-6-2-4-16(27)28)7-12(22)8-15(17)33(31,32)25-18(19(23)29)20(30)26-9-11-3-1-5-24-13(11)10-26/h1,3,5,7-8,18,25H,2,4,6,9-10H2,(H2,23,29)/t18-/m0/s1. The number of sulfonamides is 1. The molecule has 4 rings (SSSR count). The summed E-state index contributed by atoms with van der Waals surface area (Å²) in [6.45, 7) is 0.443. The number of nitrogens with two attached hydrogens (primary N) is 1. The van der Waals surface area contributed by atoms with Crippen molar-refractivity contribution in [2.75, 3.05) is 11.4 Å². The third-order valence-electron chi connectivity index (χ3n) is 5.44. The highest BCUT2D eigenvalue weighted by Gasteiger charge is 2.37. The number of nitrogens with one attached hydrogen (secondary N) is 1. The van der Waals surface area contributed by atoms with Crippen molar-refractivity contribution in [1.29, 1.82) is 0 Å². The maximum absolute atomic E-state index is 14.3. The van der Waals surface area contributed by atoms with Gasteiger partial charge in [0.2, 0.25) is 21.8 Å². The second-order valence-corrected chi connectivity index (χ2v) is 9.71. The van der Waals surface area contributed by atoms with Gasteiger partial charge in [-0.05, 0) is 30.2 Å². The molecule has 13 heteroatoms. The number of rotatable bonds is 6. The van der Waals surface area contributed by atoms with Crippen molar-refractivity contribution in [3.63, 3.8) is 0 Å². The number of fused-ring (bicyclic) bond motifs is 1. The molecule has 1 fully saturated rings. The van der Waals surface area contributed by atoms with E-state index in [4.69, 9.17) is 17.3 Å². The van der Waals surface area contributed by atoms with Crippen LogP contribution in [0.2, 0.25) is 5.02 Å². The zero-order valence-corrected chi connectivity index (χ0v) is 18.7. The molecule has 0 aliphatic carbocycles. The van der Waals surface area contributed by atoms with Crippen LogP contribution in [0.1, 0.15) is 24.1 Å². The quantitative estimate of drug-likeness (QED) is 0.564. The number of carbonyl (C=O) groups excluding carboxylic acids is 3. The topological polar surface area (TPSA) is 143 Å². The van der Waals surface area contributed by atoms with Gasteiger partial charge < -0.3 is 15.5 Å². The largest absolute Gasteiger partial charge is 0.368 e. The fraction of sp³-hybridized carbons (Fsp3) is 0.300. The molecule has 0 spiro atoms. The summed E-state index contributed by atoms with van der Waals surface area (Å²) < 4.78 is 42.3. The van der Waals surface area contributed by atoms with Crippen LogP contribution in [0.15, 0.2) is 35.4 Å². The Morgan fingerprint density at radius 2 is 2.03 bits per heavy atom. The van der Waals surface area contributed by atoms with Gasteiger partial charge in [-0.15, -0.1) is 0 Å². The molecule has 2 aliphatic heterocycles. The Morgan fingerprint density at radius 1 is 1.27 bits per heavy atom. The van der Waals surface area contributed by atoms with Crippen LogP contribution in [0.3, 0.4) is 0 Å². The van der Waals surface area contributed by atoms with E-state index in [0.29, 0.717) is 18.2 Å². The molecule has 1 atom stereocenters. The Bertz CT molecular complexity index is 1250. The molecule has 1 aromatic carbocycles. The SMILES string of the molecule is NC(=O)[C@H](NS(=O)(=O)c1cc(F)cc(N2CCCC2=O)c1Cl)C(=O)N1Cc2cccnc2C1. The molecule has 3 amide bonds. The molecule has 0 radical (unpaired) electrons. The van der Waals surface area contributed by atoms with Gasteiger partial charge in [0.05, 0.1) is 22.9 Å². The number of benzene rings is 1. The van der Waals surface area contributed by atoms with Crippen LogP contribution in [0.25, 0.3) is 0 Å². The Balaban J connectivity index is 1.63. The molecule has 0 unspecified atom stereocenters. The molecule has 3 heterocycles. The Hall–Kier alpha value is -3.09. The highest BCUT2D eigenvalue weighted by Crippen LogP contribution is 2.35. The van der Waals surface area contributed by atoms with Gasteiger partial charge in [-0.1, -0.05) is 17.7 Å². The normalized spacial score (nSPS) is 16.7. The predicted octanol–water partition coefficient (Wildman–Crippen LogP) is 0.675. The first kappa shape index (κ1) is 23.1. The molecule has 0 saturated carbocycles. The van der Waals surface area contributed by atoms with Gasteiger partial charge in [-0.25, -0.2) is 12.8 Å². The maximum atomic E-state index is 14.3. The molecule has 10 nitrogen and oxygen atoms in total. The number of amides is 3. The minimum atomic E-state index is -4.69. The average molecular weight is 496 g/mol. The van der Waals surface area contributed by atoms with Crippen LogP contribution in [0.5, 0.6) is 0 Å². The Labute approximate surface area is 193 Å². The maximum Gasteiger partial charge on any atom is 0.251 e. The van der Waals surface area contributed by atoms with E-state index in [1.807, 2.05) is 4.72 Å². The molecule has 1 saturated heterocycles. The summed E-state index contributed by atoms with van der Waals surface area (Å²) in [5.41, 5.74) is 6.58. The monoisotopic (exact) mass is 495 g/mol. The fourth-order valence-electron chi connectivity index (χ4n) is 3.83. The summed E-state index contributed by atoms with van der Waals surface area (Å²) in [7, 11) is -4.69. The zero-order valence-electron chi connectivity index (χ0n) is 17.1. The summed E-state index contributed by atoms with van der Waals surface area (Å²) in [4.78, 5) is 42.9. The first-order valence-electron chi connectivity index (χ1n) is 9.91. The number of hydrogen-bond acceptors (Lipinski definition) is 6. The number of pyridine rings is 1. The van der Waals surface area contributed by atoms with Gasteiger partial charge in [0, 0.05) is 25.7 Å². The molecular formula is C20H19ClFN5O5S. The molecule has 1 aromatic heterocycles. The van der Waals surface area contributed by atoms with Gasteiger partial charge in [0.25, 0.3) is 5.91 Å². The van der Waals surface area contributed by atoms with E-state index in [9.17, 15) is 27.2 Å². The number of nitrogens with zero attached hydrogens (tertiary/aromatic N) is 3. The van der Waals surface area contributed by atoms with Crippen molar-refractivity contribution in [1.82, 2.24) is 14.6 Å². The lowest BCUT2D eigenvalue weighted by atomic mass is 10.2. The number of aromatic nitrogens is 1. The first-order chi connectivity index (χ1) is 15.6. The van der Waals surface area contributed by atoms with E-state index in [2.05, 4.69) is 4.98 Å². The number of hydrogen-bond donors (Lipinski definition) is 2. The summed E-state index contributed by atoms with van der Waals surface area (Å²) in [6, 6.07) is 3.09. The lowest BCUT2D eigenvalue weighted by Crippen LogP contribution is -2.54. The van der Waals surface area contributed by atoms with Crippen molar-refractivity contribution >= 4 is 45.0 Å². The van der Waals surface area contributed by atoms with E-state index in [1.165, 1.54) is 9.80 Å². The smallest absolute Gasteiger partial charge is 0.251 e. The zero-order chi connectivity index (χ0) is 23.9. The Morgan fingerprint density at radius 3 is 2.67 bits per heavy atom. The van der Waals surface area contributed by atoms with E-state index < -0.39 is 43.6 Å². The summed E-state index contributed by atoms with van der Waals surface area (Å²) in [5, 5.41) is -0.410. The van der Waals surface area contributed by atoms with Crippen molar-refractivity contribution < 1.29 is 27.2 Å². The molecule has 2 aromatic rings. The lowest BCUT2D eigenvalue weighted by molar-refractivity contribution is -0.138. The van der Waals surface area contributed by atoms with Crippen molar-refractivity contribution in [3.8, 4) is 0 Å². The predicted molar refractivity (Wildman–Crippen MR) is 115 cm³/mol. The first-order valence-corrected chi connectivity index (χ1v) is 11.8. The van der Waals surface area contributed by atoms with E-state index in [1.54, 1.807) is 18.3 Å². The Kier molecular flexibility index (Phi) is 6.08. The highest BCUT2D eigenvalue weighted by molar-refractivity contribution is 7.89. The van der Waals surface area contributed by atoms with E-state index >= 15 is 0 Å². The van der Waals surface area contributed by atoms with Gasteiger partial charge in [0.15, 0.2) is 6.04 Å². The van der Waals surface area contributed by atoms with E-state index in [0.717, 1.165) is 11.6 Å². The number of carbonyl (C=O) groups is 3. The third-order valence-corrected chi connectivity index (χ3v) is 7.40. The molecular weight excluding hydrogens is 477 g/mol. The van der Waals surface area contributed by atoms with Crippen LogP contribution in [0.4, 0.5) is 10.1 Å². The van der Waals surface area contributed by atoms with Gasteiger partial charge in [-0.2, -0.15) is 4.72 Å². The second kappa shape index (κ2) is 8.69. The number of anilines is 1. The molecule has 2 aliphatic rings. The molecule has 33 heavy (non-hydrogen) atoms. The summed E-state index contributed by atoms with van der Waals surface area (Å²) in [5.74, 6) is -3.41. The molecule has 3 N–H and O–H groups in total. The number of primary amides is 1. The second-order valence-electron chi connectivity index (χ2n) is 7.65. The van der Waals surface area contributed by atoms with Gasteiger partial charge in [0.1, 0.15) is 10.7 Å². The lowest BCUT2D eigenvalue weighted by Gasteiger charge is -2.23. The molecule has 0 bridgehead atoms. The number of halogens is 2. The van der Waals surface area contributed by atoms with Crippen LogP contribution in [-0.4, -0.2) is 48.6 Å². The average Bonchev–Trinajstić information content (AvgIpc) is 3.38. The van der Waals surface area contributed by atoms with Crippen LogP contribution in [-0.2, 0) is 37.5 Å². The summed E-state index contributed by atoms with van der Waals surface area (Å²) in [6.07, 6.45) is 2.28. The van der Waals surface area contributed by atoms with Gasteiger partial charge >= 0.3 is 0 Å². The minimum Gasteiger partial charge on any atom is -0.368 e. The van der Waals surface area contributed by atoms with Crippen LogP contribution in [0, 0.1) is 5.82 Å².